The van der Waals surface area contributed by atoms with Crippen LogP contribution in [0.25, 0.3) is 0 Å². The average molecular weight is 367 g/mol. The van der Waals surface area contributed by atoms with E-state index in [-0.39, 0.29) is 12.2 Å². The summed E-state index contributed by atoms with van der Waals surface area (Å²) in [6, 6.07) is 5.09. The molecule has 26 heavy (non-hydrogen) atoms. The molecule has 0 unspecified atom stereocenters. The largest absolute Gasteiger partial charge is 0.458 e. The fourth-order valence-corrected chi connectivity index (χ4v) is 1.86. The topological polar surface area (TPSA) is 165 Å². The molecule has 4 N–H and O–H groups in total. The van der Waals surface area contributed by atoms with Crippen LogP contribution in [-0.4, -0.2) is 33.9 Å². The number of rotatable bonds is 7. The maximum absolute atomic E-state index is 12.5. The number of nitrogens with two attached hydrogens (primary N) is 2. The number of benzene rings is 1. The van der Waals surface area contributed by atoms with Gasteiger partial charge in [0.05, 0.1) is 4.92 Å². The number of carbonyl (C=O) groups excluding carboxylic acids is 3. The lowest BCUT2D eigenvalue weighted by molar-refractivity contribution is -0.385. The first kappa shape index (κ1) is 21.0. The summed E-state index contributed by atoms with van der Waals surface area (Å²) in [5, 5.41) is 11.0. The van der Waals surface area contributed by atoms with Gasteiger partial charge >= 0.3 is 17.6 Å². The Hall–Kier alpha value is -3.01. The molecule has 1 aromatic carbocycles. The molecule has 0 heterocycles. The van der Waals surface area contributed by atoms with Gasteiger partial charge in [0.25, 0.3) is 0 Å². The van der Waals surface area contributed by atoms with Gasteiger partial charge in [0.15, 0.2) is 0 Å². The monoisotopic (exact) mass is 367 g/mol. The van der Waals surface area contributed by atoms with E-state index in [0.717, 1.165) is 6.07 Å². The molecule has 0 aliphatic carbocycles. The van der Waals surface area contributed by atoms with Crippen molar-refractivity contribution >= 4 is 23.5 Å². The van der Waals surface area contributed by atoms with E-state index >= 15 is 0 Å². The zero-order valence-electron chi connectivity index (χ0n) is 14.7. The van der Waals surface area contributed by atoms with Crippen LogP contribution in [0.4, 0.5) is 5.69 Å². The summed E-state index contributed by atoms with van der Waals surface area (Å²) in [6.07, 6.45) is -0.863. The Bertz CT molecular complexity index is 727. The van der Waals surface area contributed by atoms with Crippen LogP contribution in [0, 0.1) is 10.1 Å². The predicted octanol–water partition coefficient (Wildman–Crippen LogP) is 0.805. The molecule has 1 rings (SSSR count). The summed E-state index contributed by atoms with van der Waals surface area (Å²) in [7, 11) is 0. The molecule has 1 amide bonds. The molecule has 0 fully saturated rings. The van der Waals surface area contributed by atoms with Crippen molar-refractivity contribution in [3.63, 3.8) is 0 Å². The molecular weight excluding hydrogens is 346 g/mol. The van der Waals surface area contributed by atoms with Crippen LogP contribution in [0.1, 0.15) is 33.6 Å². The highest BCUT2D eigenvalue weighted by atomic mass is 16.6. The zero-order valence-corrected chi connectivity index (χ0v) is 14.7. The quantitative estimate of drug-likeness (QED) is 0.235. The van der Waals surface area contributed by atoms with Crippen LogP contribution in [0.2, 0.25) is 0 Å². The van der Waals surface area contributed by atoms with E-state index in [4.69, 9.17) is 20.9 Å². The van der Waals surface area contributed by atoms with Crippen LogP contribution >= 0.6 is 0 Å². The minimum Gasteiger partial charge on any atom is -0.458 e. The van der Waals surface area contributed by atoms with Gasteiger partial charge < -0.3 is 20.9 Å². The Morgan fingerprint density at radius 1 is 1.15 bits per heavy atom. The lowest BCUT2D eigenvalue weighted by Crippen LogP contribution is -2.59. The van der Waals surface area contributed by atoms with Gasteiger partial charge in [-0.1, -0.05) is 12.1 Å². The standard InChI is InChI=1S/C16H21N3O7/c1-15(2,3)26-14(22)16(18,9-8-12(17)20)13(21)25-11-7-5-4-6-10(11)19(23)24/h4-7H,8-9,18H2,1-3H3,(H2,17,20)/t16-/m0/s1. The summed E-state index contributed by atoms with van der Waals surface area (Å²) < 4.78 is 10.1. The summed E-state index contributed by atoms with van der Waals surface area (Å²) in [6.45, 7) is 4.69. The van der Waals surface area contributed by atoms with Gasteiger partial charge in [0.1, 0.15) is 5.60 Å². The first-order valence-corrected chi connectivity index (χ1v) is 7.63. The van der Waals surface area contributed by atoms with E-state index in [9.17, 15) is 24.5 Å². The minimum absolute atomic E-state index is 0.387. The highest BCUT2D eigenvalue weighted by Crippen LogP contribution is 2.28. The van der Waals surface area contributed by atoms with E-state index in [2.05, 4.69) is 0 Å². The Labute approximate surface area is 149 Å². The van der Waals surface area contributed by atoms with Gasteiger partial charge in [-0.25, -0.2) is 9.59 Å². The van der Waals surface area contributed by atoms with Crippen molar-refractivity contribution in [1.29, 1.82) is 0 Å². The van der Waals surface area contributed by atoms with Crippen molar-refractivity contribution in [2.75, 3.05) is 0 Å². The Kier molecular flexibility index (Phi) is 6.40. The van der Waals surface area contributed by atoms with Gasteiger partial charge in [-0.3, -0.25) is 14.9 Å². The lowest BCUT2D eigenvalue weighted by atomic mass is 9.94. The minimum atomic E-state index is -2.36. The molecule has 142 valence electrons. The number of nitro groups is 1. The molecule has 0 bridgehead atoms. The maximum atomic E-state index is 12.5. The van der Waals surface area contributed by atoms with E-state index in [1.54, 1.807) is 20.8 Å². The Morgan fingerprint density at radius 2 is 1.73 bits per heavy atom. The van der Waals surface area contributed by atoms with Gasteiger partial charge in [-0.2, -0.15) is 0 Å². The number of nitro benzene ring substituents is 1. The number of ether oxygens (including phenoxy) is 2. The molecule has 0 radical (unpaired) electrons. The summed E-state index contributed by atoms with van der Waals surface area (Å²) >= 11 is 0. The molecule has 0 aromatic heterocycles. The lowest BCUT2D eigenvalue weighted by Gasteiger charge is -2.29. The molecule has 1 atom stereocenters. The fourth-order valence-electron chi connectivity index (χ4n) is 1.86. The molecule has 10 heteroatoms. The number of nitrogens with zero attached hydrogens (tertiary/aromatic N) is 1. The normalized spacial score (nSPS) is 13.4. The molecule has 10 nitrogen and oxygen atoms in total. The first-order valence-electron chi connectivity index (χ1n) is 7.63. The number of hydrogen-bond donors (Lipinski definition) is 2. The van der Waals surface area contributed by atoms with Gasteiger partial charge in [-0.15, -0.1) is 0 Å². The first-order chi connectivity index (χ1) is 11.9. The Balaban J connectivity index is 3.17. The van der Waals surface area contributed by atoms with Crippen LogP contribution in [0.15, 0.2) is 24.3 Å². The van der Waals surface area contributed by atoms with Crippen molar-refractivity contribution < 1.29 is 28.8 Å². The van der Waals surface area contributed by atoms with Crippen LogP contribution in [0.5, 0.6) is 5.75 Å². The van der Waals surface area contributed by atoms with Crippen molar-refractivity contribution in [1.82, 2.24) is 0 Å². The molecule has 0 spiro atoms. The second-order valence-corrected chi connectivity index (χ2v) is 6.55. The van der Waals surface area contributed by atoms with Crippen LogP contribution in [-0.2, 0) is 19.1 Å². The molecule has 0 saturated carbocycles. The third-order valence-corrected chi connectivity index (χ3v) is 3.16. The highest BCUT2D eigenvalue weighted by Gasteiger charge is 2.47. The van der Waals surface area contributed by atoms with Gasteiger partial charge in [0, 0.05) is 12.5 Å². The van der Waals surface area contributed by atoms with Crippen LogP contribution in [0.3, 0.4) is 0 Å². The van der Waals surface area contributed by atoms with Crippen molar-refractivity contribution in [2.24, 2.45) is 11.5 Å². The number of carbonyl (C=O) groups is 3. The third kappa shape index (κ3) is 5.52. The number of amides is 1. The fraction of sp³-hybridized carbons (Fsp3) is 0.438. The van der Waals surface area contributed by atoms with E-state index in [1.165, 1.54) is 18.2 Å². The van der Waals surface area contributed by atoms with Crippen LogP contribution < -0.4 is 16.2 Å². The van der Waals surface area contributed by atoms with Crippen molar-refractivity contribution in [3.05, 3.63) is 34.4 Å². The summed E-state index contributed by atoms with van der Waals surface area (Å²) in [5.74, 6) is -3.60. The SMILES string of the molecule is CC(C)(C)OC(=O)[C@](N)(CCC(N)=O)C(=O)Oc1ccccc1[N+](=O)[O-]. The Morgan fingerprint density at radius 3 is 2.23 bits per heavy atom. The van der Waals surface area contributed by atoms with Gasteiger partial charge in [-0.05, 0) is 33.3 Å². The molecule has 0 aliphatic heterocycles. The summed E-state index contributed by atoms with van der Waals surface area (Å²) in [4.78, 5) is 46.3. The second kappa shape index (κ2) is 7.91. The third-order valence-electron chi connectivity index (χ3n) is 3.16. The van der Waals surface area contributed by atoms with E-state index in [1.807, 2.05) is 0 Å². The predicted molar refractivity (Wildman–Crippen MR) is 89.9 cm³/mol. The number of para-hydroxylation sites is 2. The summed E-state index contributed by atoms with van der Waals surface area (Å²) in [5.41, 5.74) is 7.14. The zero-order chi connectivity index (χ0) is 20.1. The maximum Gasteiger partial charge on any atom is 0.343 e. The molecular formula is C16H21N3O7. The molecule has 0 aliphatic rings. The van der Waals surface area contributed by atoms with E-state index < -0.39 is 46.0 Å². The number of esters is 2. The molecule has 1 aromatic rings. The van der Waals surface area contributed by atoms with Crippen molar-refractivity contribution in [3.8, 4) is 5.75 Å². The second-order valence-electron chi connectivity index (χ2n) is 6.55. The smallest absolute Gasteiger partial charge is 0.343 e. The average Bonchev–Trinajstić information content (AvgIpc) is 2.51. The number of hydrogen-bond acceptors (Lipinski definition) is 8. The molecule has 0 saturated heterocycles. The highest BCUT2D eigenvalue weighted by molar-refractivity contribution is 6.06. The van der Waals surface area contributed by atoms with Gasteiger partial charge in [0.2, 0.25) is 17.2 Å². The van der Waals surface area contributed by atoms with E-state index in [0.29, 0.717) is 0 Å². The number of primary amides is 1. The van der Waals surface area contributed by atoms with Crippen molar-refractivity contribution in [2.45, 2.75) is 44.8 Å².